The molecule has 0 fully saturated rings. The van der Waals surface area contributed by atoms with Gasteiger partial charge in [-0.3, -0.25) is 14.5 Å². The van der Waals surface area contributed by atoms with Gasteiger partial charge in [-0.05, 0) is 42.6 Å². The summed E-state index contributed by atoms with van der Waals surface area (Å²) in [7, 11) is 1.57. The zero-order valence-electron chi connectivity index (χ0n) is 19.6. The molecule has 0 spiro atoms. The molecule has 0 bridgehead atoms. The van der Waals surface area contributed by atoms with Crippen LogP contribution in [0, 0.1) is 0 Å². The van der Waals surface area contributed by atoms with Gasteiger partial charge in [0.1, 0.15) is 23.9 Å². The fourth-order valence-corrected chi connectivity index (χ4v) is 4.60. The second-order valence-electron chi connectivity index (χ2n) is 7.60. The molecule has 2 amide bonds. The molecule has 2 aromatic carbocycles. The van der Waals surface area contributed by atoms with E-state index in [2.05, 4.69) is 15.6 Å². The van der Waals surface area contributed by atoms with E-state index in [0.717, 1.165) is 10.4 Å². The van der Waals surface area contributed by atoms with Crippen molar-refractivity contribution in [1.29, 1.82) is 0 Å². The maximum absolute atomic E-state index is 14.0. The van der Waals surface area contributed by atoms with Crippen molar-refractivity contribution < 1.29 is 19.1 Å². The number of thiophene rings is 1. The Bertz CT molecular complexity index is 1270. The third kappa shape index (κ3) is 5.50. The van der Waals surface area contributed by atoms with E-state index in [1.54, 1.807) is 23.9 Å². The molecule has 35 heavy (non-hydrogen) atoms. The number of anilines is 1. The van der Waals surface area contributed by atoms with Crippen LogP contribution in [0.25, 0.3) is 11.0 Å². The highest BCUT2D eigenvalue weighted by molar-refractivity contribution is 7.10. The summed E-state index contributed by atoms with van der Waals surface area (Å²) >= 11 is 1.41. The zero-order valence-corrected chi connectivity index (χ0v) is 20.4. The van der Waals surface area contributed by atoms with Crippen LogP contribution in [-0.2, 0) is 20.9 Å². The summed E-state index contributed by atoms with van der Waals surface area (Å²) in [4.78, 5) is 29.7. The number of ether oxygens (including phenoxy) is 2. The summed E-state index contributed by atoms with van der Waals surface area (Å²) in [5.41, 5.74) is 1.92. The van der Waals surface area contributed by atoms with E-state index in [9.17, 15) is 9.59 Å². The van der Waals surface area contributed by atoms with E-state index >= 15 is 0 Å². The third-order valence-electron chi connectivity index (χ3n) is 5.32. The number of hydrogen-bond acceptors (Lipinski definition) is 7. The molecule has 0 aliphatic heterocycles. The first-order chi connectivity index (χ1) is 17.1. The van der Waals surface area contributed by atoms with E-state index in [1.807, 2.05) is 60.8 Å². The van der Waals surface area contributed by atoms with Gasteiger partial charge in [0.15, 0.2) is 0 Å². The molecule has 0 aliphatic rings. The smallest absolute Gasteiger partial charge is 0.249 e. The van der Waals surface area contributed by atoms with Crippen LogP contribution < -0.4 is 15.0 Å². The van der Waals surface area contributed by atoms with E-state index in [0.29, 0.717) is 36.7 Å². The number of nitrogens with one attached hydrogen (secondary N) is 1. The van der Waals surface area contributed by atoms with E-state index < -0.39 is 6.04 Å². The van der Waals surface area contributed by atoms with Gasteiger partial charge in [-0.15, -0.1) is 16.4 Å². The molecule has 2 aromatic heterocycles. The fourth-order valence-electron chi connectivity index (χ4n) is 3.78. The van der Waals surface area contributed by atoms with Gasteiger partial charge in [-0.2, -0.15) is 0 Å². The second kappa shape index (κ2) is 11.6. The first-order valence-electron chi connectivity index (χ1n) is 11.3. The van der Waals surface area contributed by atoms with Crippen LogP contribution in [-0.4, -0.2) is 53.7 Å². The van der Waals surface area contributed by atoms with Gasteiger partial charge in [0, 0.05) is 18.5 Å². The predicted molar refractivity (Wildman–Crippen MR) is 135 cm³/mol. The summed E-state index contributed by atoms with van der Waals surface area (Å²) in [6.07, 6.45) is 0. The van der Waals surface area contributed by atoms with Gasteiger partial charge in [0.2, 0.25) is 11.8 Å². The number of benzene rings is 2. The van der Waals surface area contributed by atoms with Crippen molar-refractivity contribution in [2.24, 2.45) is 0 Å². The predicted octanol–water partition coefficient (Wildman–Crippen LogP) is 3.43. The molecule has 182 valence electrons. The summed E-state index contributed by atoms with van der Waals surface area (Å²) in [5, 5.41) is 13.1. The van der Waals surface area contributed by atoms with Crippen molar-refractivity contribution in [1.82, 2.24) is 20.3 Å². The second-order valence-corrected chi connectivity index (χ2v) is 8.58. The minimum absolute atomic E-state index is 0.103. The monoisotopic (exact) mass is 493 g/mol. The first-order valence-corrected chi connectivity index (χ1v) is 12.1. The Kier molecular flexibility index (Phi) is 8.07. The van der Waals surface area contributed by atoms with Crippen LogP contribution in [0.5, 0.6) is 5.75 Å². The minimum Gasteiger partial charge on any atom is -0.492 e. The summed E-state index contributed by atoms with van der Waals surface area (Å²) in [5.74, 6) is -0.126. The van der Waals surface area contributed by atoms with Gasteiger partial charge >= 0.3 is 0 Å². The van der Waals surface area contributed by atoms with Crippen molar-refractivity contribution in [3.8, 4) is 5.75 Å². The van der Waals surface area contributed by atoms with E-state index in [4.69, 9.17) is 9.47 Å². The Hall–Kier alpha value is -3.76. The number of rotatable bonds is 11. The lowest BCUT2D eigenvalue weighted by molar-refractivity contribution is -0.127. The van der Waals surface area contributed by atoms with Crippen LogP contribution in [0.3, 0.4) is 0 Å². The van der Waals surface area contributed by atoms with Gasteiger partial charge < -0.3 is 14.8 Å². The van der Waals surface area contributed by atoms with Crippen molar-refractivity contribution in [2.45, 2.75) is 19.5 Å². The molecule has 4 aromatic rings. The first kappa shape index (κ1) is 24.4. The fraction of sp³-hybridized carbons (Fsp3) is 0.280. The Labute approximate surface area is 207 Å². The Balaban J connectivity index is 1.78. The molecule has 9 nitrogen and oxygen atoms in total. The standard InChI is InChI=1S/C25H27N5O4S/c1-3-34-21-12-7-6-11-20(21)30(23(31)17-29-19-10-5-4-9-18(19)27-28-29)24(22-13-8-16-35-22)25(32)26-14-15-33-2/h4-13,16,24H,3,14-15,17H2,1-2H3,(H,26,32)/t24-/m1/s1. The zero-order chi connectivity index (χ0) is 24.6. The number of carbonyl (C=O) groups excluding carboxylic acids is 2. The summed E-state index contributed by atoms with van der Waals surface area (Å²) < 4.78 is 12.5. The van der Waals surface area contributed by atoms with Crippen molar-refractivity contribution in [3.05, 3.63) is 70.9 Å². The Morgan fingerprint density at radius 1 is 1.11 bits per heavy atom. The molecule has 4 rings (SSSR count). The maximum atomic E-state index is 14.0. The maximum Gasteiger partial charge on any atom is 0.249 e. The van der Waals surface area contributed by atoms with Crippen molar-refractivity contribution in [2.75, 3.05) is 31.8 Å². The lowest BCUT2D eigenvalue weighted by atomic mass is 10.1. The number of amides is 2. The molecular formula is C25H27N5O4S. The highest BCUT2D eigenvalue weighted by atomic mass is 32.1. The quantitative estimate of drug-likeness (QED) is 0.322. The normalized spacial score (nSPS) is 11.8. The molecule has 1 N–H and O–H groups in total. The van der Waals surface area contributed by atoms with Gasteiger partial charge in [-0.1, -0.05) is 35.5 Å². The lowest BCUT2D eigenvalue weighted by Gasteiger charge is -2.31. The van der Waals surface area contributed by atoms with Gasteiger partial charge in [0.05, 0.1) is 24.4 Å². The lowest BCUT2D eigenvalue weighted by Crippen LogP contribution is -2.45. The number of para-hydroxylation sites is 3. The van der Waals surface area contributed by atoms with Crippen LogP contribution in [0.4, 0.5) is 5.69 Å². The van der Waals surface area contributed by atoms with Crippen LogP contribution in [0.1, 0.15) is 17.8 Å². The summed E-state index contributed by atoms with van der Waals surface area (Å²) in [6.45, 7) is 2.86. The van der Waals surface area contributed by atoms with E-state index in [-0.39, 0.29) is 18.4 Å². The molecule has 0 unspecified atom stereocenters. The van der Waals surface area contributed by atoms with Crippen LogP contribution in [0.15, 0.2) is 66.0 Å². The minimum atomic E-state index is -0.907. The SMILES string of the molecule is CCOc1ccccc1N(C(=O)Cn1nnc2ccccc21)[C@@H](C(=O)NCCOC)c1cccs1. The van der Waals surface area contributed by atoms with Crippen LogP contribution >= 0.6 is 11.3 Å². The molecule has 0 aliphatic carbocycles. The molecular weight excluding hydrogens is 466 g/mol. The summed E-state index contributed by atoms with van der Waals surface area (Å²) in [6, 6.07) is 17.4. The molecule has 0 saturated heterocycles. The average molecular weight is 494 g/mol. The van der Waals surface area contributed by atoms with Crippen molar-refractivity contribution in [3.63, 3.8) is 0 Å². The highest BCUT2D eigenvalue weighted by Gasteiger charge is 2.35. The number of methoxy groups -OCH3 is 1. The molecule has 2 heterocycles. The number of fused-ring (bicyclic) bond motifs is 1. The van der Waals surface area contributed by atoms with Gasteiger partial charge in [0.25, 0.3) is 0 Å². The largest absolute Gasteiger partial charge is 0.492 e. The number of nitrogens with zero attached hydrogens (tertiary/aromatic N) is 4. The molecule has 0 saturated carbocycles. The topological polar surface area (TPSA) is 98.6 Å². The Morgan fingerprint density at radius 3 is 2.69 bits per heavy atom. The van der Waals surface area contributed by atoms with Gasteiger partial charge in [-0.25, -0.2) is 4.68 Å². The highest BCUT2D eigenvalue weighted by Crippen LogP contribution is 2.36. The molecule has 10 heteroatoms. The molecule has 0 radical (unpaired) electrons. The average Bonchev–Trinajstić information content (AvgIpc) is 3.54. The van der Waals surface area contributed by atoms with Crippen molar-refractivity contribution >= 4 is 39.9 Å². The molecule has 1 atom stereocenters. The number of aromatic nitrogens is 3. The Morgan fingerprint density at radius 2 is 1.91 bits per heavy atom. The van der Waals surface area contributed by atoms with Crippen LogP contribution in [0.2, 0.25) is 0 Å². The number of hydrogen-bond donors (Lipinski definition) is 1. The number of carbonyl (C=O) groups is 2. The van der Waals surface area contributed by atoms with E-state index in [1.165, 1.54) is 16.2 Å². The third-order valence-corrected chi connectivity index (χ3v) is 6.25.